The summed E-state index contributed by atoms with van der Waals surface area (Å²) in [6.45, 7) is 1.81. The van der Waals surface area contributed by atoms with Gasteiger partial charge in [0, 0.05) is 30.2 Å². The number of nitrogen functional groups attached to an aromatic ring is 1. The predicted octanol–water partition coefficient (Wildman–Crippen LogP) is 3.64. The molecule has 0 aliphatic carbocycles. The van der Waals surface area contributed by atoms with Crippen molar-refractivity contribution in [1.29, 1.82) is 0 Å². The smallest absolute Gasteiger partial charge is 0.228 e. The third kappa shape index (κ3) is 3.69. The average molecular weight is 449 g/mol. The minimum Gasteiger partial charge on any atom is -0.497 e. The van der Waals surface area contributed by atoms with Crippen LogP contribution in [0.4, 0.5) is 11.8 Å². The summed E-state index contributed by atoms with van der Waals surface area (Å²) >= 11 is 1.95. The molecule has 0 spiro atoms. The molecule has 9 heteroatoms. The van der Waals surface area contributed by atoms with Gasteiger partial charge < -0.3 is 20.1 Å². The lowest BCUT2D eigenvalue weighted by Gasteiger charge is -2.26. The summed E-state index contributed by atoms with van der Waals surface area (Å²) in [4.78, 5) is 12.0. The van der Waals surface area contributed by atoms with Gasteiger partial charge in [0.1, 0.15) is 17.3 Å². The lowest BCUT2D eigenvalue weighted by molar-refractivity contribution is 0.414. The van der Waals surface area contributed by atoms with Gasteiger partial charge in [-0.1, -0.05) is 12.1 Å². The molecule has 32 heavy (non-hydrogen) atoms. The minimum atomic E-state index is 0.490. The second kappa shape index (κ2) is 8.58. The summed E-state index contributed by atoms with van der Waals surface area (Å²) in [5, 5.41) is 5.48. The Morgan fingerprint density at radius 3 is 2.41 bits per heavy atom. The van der Waals surface area contributed by atoms with Crippen molar-refractivity contribution in [2.24, 2.45) is 0 Å². The highest BCUT2D eigenvalue weighted by molar-refractivity contribution is 7.99. The van der Waals surface area contributed by atoms with Crippen molar-refractivity contribution in [3.63, 3.8) is 0 Å². The Morgan fingerprint density at radius 2 is 1.69 bits per heavy atom. The zero-order chi connectivity index (χ0) is 22.1. The van der Waals surface area contributed by atoms with Gasteiger partial charge in [-0.05, 0) is 36.4 Å². The first-order valence-corrected chi connectivity index (χ1v) is 11.5. The number of fused-ring (bicyclic) bond motifs is 1. The highest BCUT2D eigenvalue weighted by Gasteiger charge is 2.22. The molecular weight excluding hydrogens is 424 g/mol. The fourth-order valence-electron chi connectivity index (χ4n) is 3.80. The van der Waals surface area contributed by atoms with Gasteiger partial charge in [0.25, 0.3) is 0 Å². The average Bonchev–Trinajstić information content (AvgIpc) is 3.20. The SMILES string of the molecule is COc1ccc(-n2nc3nc(N4CCSCC4)nc(-c4cccc(OC)c4)c3c2N)cc1. The maximum absolute atomic E-state index is 6.62. The highest BCUT2D eigenvalue weighted by atomic mass is 32.2. The van der Waals surface area contributed by atoms with E-state index in [1.165, 1.54) is 0 Å². The summed E-state index contributed by atoms with van der Waals surface area (Å²) in [6.07, 6.45) is 0. The highest BCUT2D eigenvalue weighted by Crippen LogP contribution is 2.35. The minimum absolute atomic E-state index is 0.490. The van der Waals surface area contributed by atoms with Crippen molar-refractivity contribution in [3.8, 4) is 28.4 Å². The number of hydrogen-bond acceptors (Lipinski definition) is 8. The molecule has 4 aromatic rings. The molecule has 0 atom stereocenters. The topological polar surface area (TPSA) is 91.3 Å². The third-order valence-electron chi connectivity index (χ3n) is 5.51. The van der Waals surface area contributed by atoms with Crippen molar-refractivity contribution in [1.82, 2.24) is 19.7 Å². The van der Waals surface area contributed by atoms with Gasteiger partial charge in [0.05, 0.1) is 31.0 Å². The van der Waals surface area contributed by atoms with Gasteiger partial charge in [-0.15, -0.1) is 5.10 Å². The monoisotopic (exact) mass is 448 g/mol. The Balaban J connectivity index is 1.71. The Kier molecular flexibility index (Phi) is 5.48. The number of hydrogen-bond donors (Lipinski definition) is 1. The standard InChI is InChI=1S/C23H24N6O2S/c1-30-17-8-6-16(7-9-17)29-21(24)19-20(15-4-3-5-18(14-15)31-2)25-23(26-22(19)27-29)28-10-12-32-13-11-28/h3-9,14H,10-13,24H2,1-2H3. The molecule has 0 unspecified atom stereocenters. The summed E-state index contributed by atoms with van der Waals surface area (Å²) < 4.78 is 12.4. The number of anilines is 2. The van der Waals surface area contributed by atoms with Gasteiger partial charge in [-0.2, -0.15) is 16.7 Å². The molecule has 0 bridgehead atoms. The van der Waals surface area contributed by atoms with E-state index in [1.54, 1.807) is 18.9 Å². The van der Waals surface area contributed by atoms with Crippen LogP contribution < -0.4 is 20.1 Å². The molecule has 8 nitrogen and oxygen atoms in total. The molecule has 1 aliphatic rings. The number of nitrogens with two attached hydrogens (primary N) is 1. The van der Waals surface area contributed by atoms with E-state index in [1.807, 2.05) is 60.3 Å². The van der Waals surface area contributed by atoms with Gasteiger partial charge >= 0.3 is 0 Å². The van der Waals surface area contributed by atoms with Crippen LogP contribution in [-0.2, 0) is 0 Å². The Labute approximate surface area is 190 Å². The van der Waals surface area contributed by atoms with Crippen LogP contribution in [0.3, 0.4) is 0 Å². The van der Waals surface area contributed by atoms with E-state index in [9.17, 15) is 0 Å². The fourth-order valence-corrected chi connectivity index (χ4v) is 4.71. The maximum atomic E-state index is 6.62. The predicted molar refractivity (Wildman–Crippen MR) is 129 cm³/mol. The normalized spacial score (nSPS) is 14.0. The lowest BCUT2D eigenvalue weighted by Crippen LogP contribution is -2.33. The molecule has 5 rings (SSSR count). The first-order chi connectivity index (χ1) is 15.7. The quantitative estimate of drug-likeness (QED) is 0.495. The van der Waals surface area contributed by atoms with Crippen LogP contribution in [0.1, 0.15) is 0 Å². The molecule has 0 saturated carbocycles. The molecule has 1 fully saturated rings. The molecule has 164 valence electrons. The first-order valence-electron chi connectivity index (χ1n) is 10.4. The van der Waals surface area contributed by atoms with Crippen LogP contribution >= 0.6 is 11.8 Å². The number of aromatic nitrogens is 4. The van der Waals surface area contributed by atoms with Gasteiger partial charge in [0.2, 0.25) is 5.95 Å². The van der Waals surface area contributed by atoms with Gasteiger partial charge in [-0.3, -0.25) is 0 Å². The van der Waals surface area contributed by atoms with Crippen LogP contribution in [0.15, 0.2) is 48.5 Å². The van der Waals surface area contributed by atoms with E-state index in [0.717, 1.165) is 58.4 Å². The molecule has 2 N–H and O–H groups in total. The van der Waals surface area contributed by atoms with Crippen molar-refractivity contribution < 1.29 is 9.47 Å². The second-order valence-corrected chi connectivity index (χ2v) is 8.62. The summed E-state index contributed by atoms with van der Waals surface area (Å²) in [5.74, 6) is 4.80. The fraction of sp³-hybridized carbons (Fsp3) is 0.261. The Morgan fingerprint density at radius 1 is 0.938 bits per heavy atom. The van der Waals surface area contributed by atoms with Crippen LogP contribution in [-0.4, -0.2) is 58.6 Å². The number of ether oxygens (including phenoxy) is 2. The molecular formula is C23H24N6O2S. The molecule has 1 saturated heterocycles. The van der Waals surface area contributed by atoms with E-state index in [2.05, 4.69) is 4.90 Å². The van der Waals surface area contributed by atoms with E-state index in [-0.39, 0.29) is 0 Å². The summed E-state index contributed by atoms with van der Waals surface area (Å²) in [5.41, 5.74) is 9.67. The van der Waals surface area contributed by atoms with Crippen molar-refractivity contribution >= 4 is 34.6 Å². The largest absolute Gasteiger partial charge is 0.497 e. The Bertz CT molecular complexity index is 1250. The summed E-state index contributed by atoms with van der Waals surface area (Å²) in [7, 11) is 3.30. The number of rotatable bonds is 5. The lowest BCUT2D eigenvalue weighted by atomic mass is 10.1. The number of thioether (sulfide) groups is 1. The van der Waals surface area contributed by atoms with Crippen molar-refractivity contribution in [2.75, 3.05) is 49.4 Å². The Hall–Kier alpha value is -3.46. The maximum Gasteiger partial charge on any atom is 0.228 e. The van der Waals surface area contributed by atoms with E-state index >= 15 is 0 Å². The number of methoxy groups -OCH3 is 2. The van der Waals surface area contributed by atoms with Crippen LogP contribution in [0.2, 0.25) is 0 Å². The second-order valence-electron chi connectivity index (χ2n) is 7.40. The van der Waals surface area contributed by atoms with Gasteiger partial charge in [0.15, 0.2) is 5.65 Å². The van der Waals surface area contributed by atoms with E-state index in [4.69, 9.17) is 30.3 Å². The molecule has 2 aromatic heterocycles. The molecule has 2 aromatic carbocycles. The molecule has 0 radical (unpaired) electrons. The van der Waals surface area contributed by atoms with E-state index in [0.29, 0.717) is 17.4 Å². The zero-order valence-corrected chi connectivity index (χ0v) is 18.8. The van der Waals surface area contributed by atoms with Crippen LogP contribution in [0.5, 0.6) is 11.5 Å². The van der Waals surface area contributed by atoms with Crippen molar-refractivity contribution in [2.45, 2.75) is 0 Å². The van der Waals surface area contributed by atoms with Crippen LogP contribution in [0.25, 0.3) is 28.0 Å². The van der Waals surface area contributed by atoms with Crippen LogP contribution in [0, 0.1) is 0 Å². The zero-order valence-electron chi connectivity index (χ0n) is 18.0. The number of benzene rings is 2. The van der Waals surface area contributed by atoms with E-state index < -0.39 is 0 Å². The third-order valence-corrected chi connectivity index (χ3v) is 6.45. The first kappa shape index (κ1) is 20.4. The van der Waals surface area contributed by atoms with Gasteiger partial charge in [-0.25, -0.2) is 9.67 Å². The molecule has 1 aliphatic heterocycles. The number of nitrogens with zero attached hydrogens (tertiary/aromatic N) is 5. The van der Waals surface area contributed by atoms with Crippen molar-refractivity contribution in [3.05, 3.63) is 48.5 Å². The summed E-state index contributed by atoms with van der Waals surface area (Å²) in [6, 6.07) is 15.4. The molecule has 3 heterocycles. The molecule has 0 amide bonds.